The van der Waals surface area contributed by atoms with Crippen molar-refractivity contribution in [1.29, 1.82) is 0 Å². The van der Waals surface area contributed by atoms with Gasteiger partial charge in [-0.15, -0.1) is 0 Å². The molecule has 2 amide bonds. The summed E-state index contributed by atoms with van der Waals surface area (Å²) >= 11 is 0. The van der Waals surface area contributed by atoms with Gasteiger partial charge in [-0.1, -0.05) is 19.3 Å². The second-order valence-electron chi connectivity index (χ2n) is 6.83. The van der Waals surface area contributed by atoms with Gasteiger partial charge < -0.3 is 20.4 Å². The molecule has 1 saturated carbocycles. The van der Waals surface area contributed by atoms with E-state index in [9.17, 15) is 19.8 Å². The molecule has 0 aromatic heterocycles. The minimum Gasteiger partial charge on any atom is -0.481 e. The molecule has 1 unspecified atom stereocenters. The molecule has 1 aliphatic heterocycles. The molecule has 6 nitrogen and oxygen atoms in total. The van der Waals surface area contributed by atoms with Gasteiger partial charge in [-0.3, -0.25) is 4.79 Å². The number of likely N-dealkylation sites (tertiary alicyclic amines) is 1. The average Bonchev–Trinajstić information content (AvgIpc) is 2.44. The van der Waals surface area contributed by atoms with Gasteiger partial charge in [-0.2, -0.15) is 0 Å². The Labute approximate surface area is 125 Å². The predicted molar refractivity (Wildman–Crippen MR) is 78.0 cm³/mol. The summed E-state index contributed by atoms with van der Waals surface area (Å²) in [6.45, 7) is 2.83. The van der Waals surface area contributed by atoms with Crippen LogP contribution in [0.3, 0.4) is 0 Å². The number of aliphatic carboxylic acids is 1. The lowest BCUT2D eigenvalue weighted by molar-refractivity contribution is -0.150. The SMILES string of the molecule is CC1(O)CCCN(C(=O)NCC2(C(=O)O)CCCCC2)C1. The van der Waals surface area contributed by atoms with Crippen molar-refractivity contribution in [3.8, 4) is 0 Å². The molecule has 3 N–H and O–H groups in total. The number of carboxylic acid groups (broad SMARTS) is 1. The fraction of sp³-hybridized carbons (Fsp3) is 0.867. The molecule has 2 fully saturated rings. The summed E-state index contributed by atoms with van der Waals surface area (Å²) < 4.78 is 0. The highest BCUT2D eigenvalue weighted by atomic mass is 16.4. The first-order valence-corrected chi connectivity index (χ1v) is 7.83. The molecule has 1 atom stereocenters. The van der Waals surface area contributed by atoms with Crippen LogP contribution in [0.15, 0.2) is 0 Å². The summed E-state index contributed by atoms with van der Waals surface area (Å²) in [5, 5.41) is 22.3. The quantitative estimate of drug-likeness (QED) is 0.738. The molecule has 1 heterocycles. The monoisotopic (exact) mass is 298 g/mol. The van der Waals surface area contributed by atoms with Crippen LogP contribution < -0.4 is 5.32 Å². The van der Waals surface area contributed by atoms with Crippen molar-refractivity contribution in [3.05, 3.63) is 0 Å². The standard InChI is InChI=1S/C15H26N2O4/c1-14(21)6-5-9-17(11-14)13(20)16-10-15(12(18)19)7-3-2-4-8-15/h21H,2-11H2,1H3,(H,16,20)(H,18,19). The summed E-state index contributed by atoms with van der Waals surface area (Å²) in [4.78, 5) is 25.4. The number of piperidine rings is 1. The third kappa shape index (κ3) is 3.87. The smallest absolute Gasteiger partial charge is 0.317 e. The number of nitrogens with one attached hydrogen (secondary N) is 1. The Morgan fingerprint density at radius 1 is 1.14 bits per heavy atom. The number of hydrogen-bond donors (Lipinski definition) is 3. The van der Waals surface area contributed by atoms with Gasteiger partial charge in [0.15, 0.2) is 0 Å². The summed E-state index contributed by atoms with van der Waals surface area (Å²) in [6, 6.07) is -0.263. The molecular formula is C15H26N2O4. The van der Waals surface area contributed by atoms with Crippen LogP contribution in [0.1, 0.15) is 51.9 Å². The lowest BCUT2D eigenvalue weighted by atomic mass is 9.74. The molecule has 0 aromatic carbocycles. The van der Waals surface area contributed by atoms with Gasteiger partial charge in [-0.05, 0) is 32.6 Å². The minimum absolute atomic E-state index is 0.180. The second kappa shape index (κ2) is 6.22. The van der Waals surface area contributed by atoms with Crippen molar-refractivity contribution in [2.24, 2.45) is 5.41 Å². The van der Waals surface area contributed by atoms with E-state index in [2.05, 4.69) is 5.32 Å². The largest absolute Gasteiger partial charge is 0.481 e. The van der Waals surface area contributed by atoms with E-state index in [1.165, 1.54) is 0 Å². The van der Waals surface area contributed by atoms with E-state index in [0.717, 1.165) is 25.7 Å². The van der Waals surface area contributed by atoms with Crippen LogP contribution in [0.5, 0.6) is 0 Å². The van der Waals surface area contributed by atoms with Crippen LogP contribution in [0.4, 0.5) is 4.79 Å². The highest BCUT2D eigenvalue weighted by Crippen LogP contribution is 2.36. The molecule has 0 bridgehead atoms. The molecular weight excluding hydrogens is 272 g/mol. The maximum absolute atomic E-state index is 12.2. The highest BCUT2D eigenvalue weighted by molar-refractivity contribution is 5.78. The van der Waals surface area contributed by atoms with Crippen molar-refractivity contribution in [1.82, 2.24) is 10.2 Å². The number of hydrogen-bond acceptors (Lipinski definition) is 3. The molecule has 0 aromatic rings. The van der Waals surface area contributed by atoms with Gasteiger partial charge in [0.05, 0.1) is 17.6 Å². The fourth-order valence-corrected chi connectivity index (χ4v) is 3.44. The lowest BCUT2D eigenvalue weighted by Gasteiger charge is -2.38. The Kier molecular flexibility index (Phi) is 4.76. The summed E-state index contributed by atoms with van der Waals surface area (Å²) in [5.41, 5.74) is -1.66. The highest BCUT2D eigenvalue weighted by Gasteiger charge is 2.40. The number of amides is 2. The van der Waals surface area contributed by atoms with Crippen LogP contribution in [-0.4, -0.2) is 52.3 Å². The van der Waals surface area contributed by atoms with E-state index in [1.807, 2.05) is 0 Å². The minimum atomic E-state index is -0.842. The number of carboxylic acids is 1. The number of urea groups is 1. The molecule has 1 aliphatic carbocycles. The number of β-amino-alcohol motifs (C(OH)–C–C–N with tert-alkyl or cyclic N) is 1. The van der Waals surface area contributed by atoms with E-state index < -0.39 is 17.0 Å². The van der Waals surface area contributed by atoms with Gasteiger partial charge in [0, 0.05) is 13.1 Å². The average molecular weight is 298 g/mol. The van der Waals surface area contributed by atoms with Crippen molar-refractivity contribution in [3.63, 3.8) is 0 Å². The van der Waals surface area contributed by atoms with Crippen LogP contribution in [-0.2, 0) is 4.79 Å². The molecule has 120 valence electrons. The van der Waals surface area contributed by atoms with Gasteiger partial charge >= 0.3 is 12.0 Å². The Balaban J connectivity index is 1.91. The van der Waals surface area contributed by atoms with E-state index >= 15 is 0 Å². The Bertz CT molecular complexity index is 402. The number of rotatable bonds is 3. The van der Waals surface area contributed by atoms with Gasteiger partial charge in [0.2, 0.25) is 0 Å². The van der Waals surface area contributed by atoms with E-state index in [0.29, 0.717) is 32.4 Å². The molecule has 21 heavy (non-hydrogen) atoms. The summed E-state index contributed by atoms with van der Waals surface area (Å²) in [7, 11) is 0. The predicted octanol–water partition coefficient (Wildman–Crippen LogP) is 1.58. The molecule has 0 spiro atoms. The first-order valence-electron chi connectivity index (χ1n) is 7.83. The number of aliphatic hydroxyl groups is 1. The maximum Gasteiger partial charge on any atom is 0.317 e. The Morgan fingerprint density at radius 3 is 2.38 bits per heavy atom. The number of nitrogens with zero attached hydrogens (tertiary/aromatic N) is 1. The van der Waals surface area contributed by atoms with E-state index in [4.69, 9.17) is 0 Å². The number of carbonyl (C=O) groups is 2. The molecule has 2 rings (SSSR count). The molecule has 1 saturated heterocycles. The van der Waals surface area contributed by atoms with E-state index in [-0.39, 0.29) is 12.6 Å². The number of carbonyl (C=O) groups excluding carboxylic acids is 1. The Morgan fingerprint density at radius 2 is 1.81 bits per heavy atom. The van der Waals surface area contributed by atoms with Crippen molar-refractivity contribution >= 4 is 12.0 Å². The molecule has 6 heteroatoms. The van der Waals surface area contributed by atoms with Crippen LogP contribution >= 0.6 is 0 Å². The van der Waals surface area contributed by atoms with Crippen molar-refractivity contribution in [2.45, 2.75) is 57.5 Å². The normalized spacial score (nSPS) is 29.0. The summed E-state index contributed by atoms with van der Waals surface area (Å²) in [5.74, 6) is -0.812. The third-order valence-corrected chi connectivity index (χ3v) is 4.80. The maximum atomic E-state index is 12.2. The van der Waals surface area contributed by atoms with E-state index in [1.54, 1.807) is 11.8 Å². The zero-order chi connectivity index (χ0) is 15.5. The van der Waals surface area contributed by atoms with Crippen LogP contribution in [0.25, 0.3) is 0 Å². The molecule has 0 radical (unpaired) electrons. The first-order chi connectivity index (χ1) is 9.85. The zero-order valence-electron chi connectivity index (χ0n) is 12.7. The summed E-state index contributed by atoms with van der Waals surface area (Å²) in [6.07, 6.45) is 5.58. The van der Waals surface area contributed by atoms with Gasteiger partial charge in [-0.25, -0.2) is 4.79 Å². The van der Waals surface area contributed by atoms with Crippen molar-refractivity contribution < 1.29 is 19.8 Å². The topological polar surface area (TPSA) is 89.9 Å². The Hall–Kier alpha value is -1.30. The fourth-order valence-electron chi connectivity index (χ4n) is 3.44. The lowest BCUT2D eigenvalue weighted by Crippen LogP contribution is -2.54. The molecule has 2 aliphatic rings. The van der Waals surface area contributed by atoms with Gasteiger partial charge in [0.1, 0.15) is 0 Å². The van der Waals surface area contributed by atoms with Crippen LogP contribution in [0, 0.1) is 5.41 Å². The zero-order valence-corrected chi connectivity index (χ0v) is 12.7. The van der Waals surface area contributed by atoms with Crippen molar-refractivity contribution in [2.75, 3.05) is 19.6 Å². The third-order valence-electron chi connectivity index (χ3n) is 4.80. The van der Waals surface area contributed by atoms with Crippen LogP contribution in [0.2, 0.25) is 0 Å². The first kappa shape index (κ1) is 16.1. The van der Waals surface area contributed by atoms with Gasteiger partial charge in [0.25, 0.3) is 0 Å². The second-order valence-corrected chi connectivity index (χ2v) is 6.83.